The summed E-state index contributed by atoms with van der Waals surface area (Å²) in [6, 6.07) is 24.0. The Hall–Kier alpha value is -2.41. The zero-order chi connectivity index (χ0) is 14.1. The number of nitrogens with zero attached hydrogens (tertiary/aromatic N) is 1. The first-order valence-electron chi connectivity index (χ1n) is 7.59. The van der Waals surface area contributed by atoms with Crippen LogP contribution in [0.25, 0.3) is 22.4 Å². The molecule has 0 bridgehead atoms. The molecule has 0 amide bonds. The fraction of sp³-hybridized carbons (Fsp3) is 0.150. The van der Waals surface area contributed by atoms with Gasteiger partial charge in [0.05, 0.1) is 0 Å². The average molecular weight is 272 g/mol. The van der Waals surface area contributed by atoms with E-state index in [1.165, 1.54) is 34.4 Å². The van der Waals surface area contributed by atoms with Gasteiger partial charge in [-0.1, -0.05) is 42.5 Å². The largest absolute Gasteiger partial charge is 0.212 e. The number of pyridine rings is 1. The van der Waals surface area contributed by atoms with Crippen molar-refractivity contribution in [2.45, 2.75) is 19.4 Å². The Balaban J connectivity index is 1.91. The van der Waals surface area contributed by atoms with Gasteiger partial charge in [0.25, 0.3) is 0 Å². The number of fused-ring (bicyclic) bond motifs is 3. The van der Waals surface area contributed by atoms with Crippen LogP contribution in [-0.4, -0.2) is 0 Å². The van der Waals surface area contributed by atoms with E-state index in [2.05, 4.69) is 77.5 Å². The molecule has 0 unspecified atom stereocenters. The summed E-state index contributed by atoms with van der Waals surface area (Å²) in [7, 11) is 0. The quantitative estimate of drug-likeness (QED) is 0.583. The molecule has 0 saturated carbocycles. The smallest absolute Gasteiger partial charge is 0.198 e. The van der Waals surface area contributed by atoms with E-state index in [9.17, 15) is 0 Å². The van der Waals surface area contributed by atoms with Crippen LogP contribution in [0.4, 0.5) is 0 Å². The van der Waals surface area contributed by atoms with Crippen molar-refractivity contribution in [1.29, 1.82) is 0 Å². The summed E-state index contributed by atoms with van der Waals surface area (Å²) in [5.74, 6) is 0. The number of benzene rings is 2. The number of rotatable bonds is 1. The predicted molar refractivity (Wildman–Crippen MR) is 85.8 cm³/mol. The maximum absolute atomic E-state index is 2.38. The van der Waals surface area contributed by atoms with E-state index < -0.39 is 0 Å². The zero-order valence-corrected chi connectivity index (χ0v) is 12.0. The number of aromatic nitrogens is 1. The summed E-state index contributed by atoms with van der Waals surface area (Å²) >= 11 is 0. The molecule has 0 saturated heterocycles. The Labute approximate surface area is 125 Å². The van der Waals surface area contributed by atoms with Gasteiger partial charge >= 0.3 is 0 Å². The third kappa shape index (κ3) is 2.25. The lowest BCUT2D eigenvalue weighted by Crippen LogP contribution is -2.34. The molecule has 0 fully saturated rings. The van der Waals surface area contributed by atoms with Crippen molar-refractivity contribution in [3.05, 3.63) is 78.5 Å². The molecule has 1 aliphatic rings. The highest BCUT2D eigenvalue weighted by molar-refractivity contribution is 5.73. The fourth-order valence-corrected chi connectivity index (χ4v) is 3.20. The number of aryl methyl sites for hydroxylation is 2. The third-order valence-corrected chi connectivity index (χ3v) is 4.28. The molecule has 1 nitrogen and oxygen atoms in total. The van der Waals surface area contributed by atoms with E-state index in [4.69, 9.17) is 0 Å². The maximum Gasteiger partial charge on any atom is 0.212 e. The fourth-order valence-electron chi connectivity index (χ4n) is 3.20. The van der Waals surface area contributed by atoms with Crippen LogP contribution in [0, 0.1) is 0 Å². The molecule has 0 radical (unpaired) electrons. The van der Waals surface area contributed by atoms with Crippen LogP contribution in [0.15, 0.2) is 72.9 Å². The Morgan fingerprint density at radius 3 is 2.52 bits per heavy atom. The zero-order valence-electron chi connectivity index (χ0n) is 12.0. The van der Waals surface area contributed by atoms with Crippen molar-refractivity contribution >= 4 is 0 Å². The van der Waals surface area contributed by atoms with Crippen molar-refractivity contribution in [1.82, 2.24) is 0 Å². The highest BCUT2D eigenvalue weighted by Crippen LogP contribution is 2.30. The molecule has 0 aliphatic carbocycles. The normalized spacial score (nSPS) is 13.1. The highest BCUT2D eigenvalue weighted by atomic mass is 15.0. The van der Waals surface area contributed by atoms with Crippen molar-refractivity contribution in [3.8, 4) is 22.4 Å². The lowest BCUT2D eigenvalue weighted by Gasteiger charge is -2.08. The van der Waals surface area contributed by atoms with E-state index in [1.807, 2.05) is 0 Å². The molecule has 2 heterocycles. The third-order valence-electron chi connectivity index (χ3n) is 4.28. The summed E-state index contributed by atoms with van der Waals surface area (Å²) in [5, 5.41) is 0. The Kier molecular flexibility index (Phi) is 3.04. The number of hydrogen-bond acceptors (Lipinski definition) is 0. The minimum atomic E-state index is 1.10. The van der Waals surface area contributed by atoms with Crippen molar-refractivity contribution in [3.63, 3.8) is 0 Å². The van der Waals surface area contributed by atoms with E-state index in [0.717, 1.165) is 13.0 Å². The first-order chi connectivity index (χ1) is 10.4. The first kappa shape index (κ1) is 12.3. The highest BCUT2D eigenvalue weighted by Gasteiger charge is 2.20. The van der Waals surface area contributed by atoms with Crippen LogP contribution in [0.2, 0.25) is 0 Å². The van der Waals surface area contributed by atoms with Crippen LogP contribution in [-0.2, 0) is 13.0 Å². The van der Waals surface area contributed by atoms with Gasteiger partial charge in [-0.3, -0.25) is 0 Å². The molecule has 1 heteroatoms. The molecule has 3 aromatic rings. The Bertz CT molecular complexity index is 775. The van der Waals surface area contributed by atoms with Crippen molar-refractivity contribution in [2.75, 3.05) is 0 Å². The van der Waals surface area contributed by atoms with Gasteiger partial charge in [-0.15, -0.1) is 0 Å². The van der Waals surface area contributed by atoms with Gasteiger partial charge in [0, 0.05) is 24.1 Å². The van der Waals surface area contributed by atoms with Crippen molar-refractivity contribution < 1.29 is 4.57 Å². The molecule has 21 heavy (non-hydrogen) atoms. The predicted octanol–water partition coefficient (Wildman–Crippen LogP) is 4.25. The monoisotopic (exact) mass is 272 g/mol. The van der Waals surface area contributed by atoms with Gasteiger partial charge in [-0.2, -0.15) is 4.57 Å². The van der Waals surface area contributed by atoms with E-state index in [0.29, 0.717) is 0 Å². The second-order valence-corrected chi connectivity index (χ2v) is 5.62. The minimum absolute atomic E-state index is 1.10. The van der Waals surface area contributed by atoms with E-state index >= 15 is 0 Å². The molecule has 0 N–H and O–H groups in total. The van der Waals surface area contributed by atoms with E-state index in [1.54, 1.807) is 0 Å². The molecule has 0 spiro atoms. The second kappa shape index (κ2) is 5.17. The summed E-state index contributed by atoms with van der Waals surface area (Å²) < 4.78 is 2.38. The molecule has 1 aliphatic heterocycles. The molecule has 2 aromatic carbocycles. The standard InChI is InChI=1S/C20H18N/c1-2-7-16(8-3-1)18-12-11-17-9-6-14-21-13-5-4-10-20(21)19(17)15-18/h1-5,7-8,10-13,15H,6,9,14H2/q+1. The first-order valence-corrected chi connectivity index (χ1v) is 7.59. The van der Waals surface area contributed by atoms with E-state index in [-0.39, 0.29) is 0 Å². The second-order valence-electron chi connectivity index (χ2n) is 5.62. The van der Waals surface area contributed by atoms with Gasteiger partial charge < -0.3 is 0 Å². The molecular formula is C20H18N+. The molecule has 0 atom stereocenters. The molecular weight excluding hydrogens is 254 g/mol. The lowest BCUT2D eigenvalue weighted by molar-refractivity contribution is -0.686. The van der Waals surface area contributed by atoms with Gasteiger partial charge in [0.2, 0.25) is 5.69 Å². The Morgan fingerprint density at radius 1 is 0.762 bits per heavy atom. The average Bonchev–Trinajstić information content (AvgIpc) is 2.74. The van der Waals surface area contributed by atoms with Crippen LogP contribution in [0.1, 0.15) is 12.0 Å². The topological polar surface area (TPSA) is 3.88 Å². The van der Waals surface area contributed by atoms with Crippen molar-refractivity contribution in [2.24, 2.45) is 0 Å². The summed E-state index contributed by atoms with van der Waals surface area (Å²) in [6.07, 6.45) is 4.56. The summed E-state index contributed by atoms with van der Waals surface area (Å²) in [5.41, 5.74) is 6.77. The molecule has 102 valence electrons. The maximum atomic E-state index is 2.38. The SMILES string of the molecule is c1ccc(-c2ccc3c(c2)-c2cccc[n+]2CCC3)cc1. The van der Waals surface area contributed by atoms with Crippen LogP contribution < -0.4 is 4.57 Å². The van der Waals surface area contributed by atoms with Gasteiger partial charge in [0.1, 0.15) is 6.54 Å². The summed E-state index contributed by atoms with van der Waals surface area (Å²) in [4.78, 5) is 0. The van der Waals surface area contributed by atoms with Gasteiger partial charge in [0.15, 0.2) is 6.20 Å². The van der Waals surface area contributed by atoms with Crippen LogP contribution >= 0.6 is 0 Å². The Morgan fingerprint density at radius 2 is 1.62 bits per heavy atom. The molecule has 1 aromatic heterocycles. The molecule has 4 rings (SSSR count). The van der Waals surface area contributed by atoms with Crippen LogP contribution in [0.3, 0.4) is 0 Å². The number of hydrogen-bond donors (Lipinski definition) is 0. The van der Waals surface area contributed by atoms with Gasteiger partial charge in [-0.05, 0) is 35.2 Å². The lowest BCUT2D eigenvalue weighted by atomic mass is 9.95. The van der Waals surface area contributed by atoms with Gasteiger partial charge in [-0.25, -0.2) is 0 Å². The summed E-state index contributed by atoms with van der Waals surface area (Å²) in [6.45, 7) is 1.10. The van der Waals surface area contributed by atoms with Crippen LogP contribution in [0.5, 0.6) is 0 Å². The minimum Gasteiger partial charge on any atom is -0.198 e.